The zero-order valence-electron chi connectivity index (χ0n) is 28.9. The molecule has 0 bridgehead atoms. The van der Waals surface area contributed by atoms with Crippen LogP contribution in [0, 0.1) is 11.6 Å². The normalized spacial score (nSPS) is 18.5. The van der Waals surface area contributed by atoms with Crippen molar-refractivity contribution < 1.29 is 13.6 Å². The Labute approximate surface area is 284 Å². The van der Waals surface area contributed by atoms with E-state index in [1.807, 2.05) is 46.4 Å². The summed E-state index contributed by atoms with van der Waals surface area (Å²) in [4.78, 5) is 52.2. The first-order chi connectivity index (χ1) is 23.4. The molecule has 2 aliphatic heterocycles. The molecule has 0 aliphatic carbocycles. The van der Waals surface area contributed by atoms with E-state index >= 15 is 8.78 Å². The van der Waals surface area contributed by atoms with Crippen molar-refractivity contribution in [3.8, 4) is 16.9 Å². The van der Waals surface area contributed by atoms with Crippen LogP contribution in [0.15, 0.2) is 47.8 Å². The van der Waals surface area contributed by atoms with Crippen molar-refractivity contribution in [2.45, 2.75) is 65.5 Å². The zero-order valence-corrected chi connectivity index (χ0v) is 28.9. The molecule has 2 aliphatic rings. The van der Waals surface area contributed by atoms with Crippen molar-refractivity contribution >= 4 is 28.7 Å². The quantitative estimate of drug-likeness (QED) is 0.278. The number of amides is 1. The van der Waals surface area contributed by atoms with Gasteiger partial charge in [-0.25, -0.2) is 33.1 Å². The monoisotopic (exact) mass is 671 g/mol. The maximum atomic E-state index is 16.2. The second-order valence-corrected chi connectivity index (χ2v) is 13.5. The summed E-state index contributed by atoms with van der Waals surface area (Å²) in [6, 6.07) is 6.59. The molecule has 258 valence electrons. The van der Waals surface area contributed by atoms with E-state index in [-0.39, 0.29) is 57.9 Å². The van der Waals surface area contributed by atoms with E-state index in [2.05, 4.69) is 21.8 Å². The fraction of sp³-hybridized carbons (Fsp3) is 0.444. The minimum absolute atomic E-state index is 0.0312. The van der Waals surface area contributed by atoms with Crippen LogP contribution in [0.4, 0.5) is 20.5 Å². The molecule has 0 saturated carbocycles. The predicted molar refractivity (Wildman–Crippen MR) is 188 cm³/mol. The molecule has 13 heteroatoms. The number of aromatic nitrogens is 5. The second-order valence-electron chi connectivity index (χ2n) is 13.5. The third kappa shape index (κ3) is 6.27. The molecule has 3 aromatic heterocycles. The second kappa shape index (κ2) is 13.6. The van der Waals surface area contributed by atoms with Crippen molar-refractivity contribution in [1.82, 2.24) is 34.7 Å². The van der Waals surface area contributed by atoms with Crippen LogP contribution in [0.25, 0.3) is 28.0 Å². The third-order valence-electron chi connectivity index (χ3n) is 9.29. The molecule has 11 nitrogen and oxygen atoms in total. The molecule has 6 rings (SSSR count). The number of pyridine rings is 1. The smallest absolute Gasteiger partial charge is 0.349 e. The Balaban J connectivity index is 1.66. The number of fused-ring (bicyclic) bond motifs is 1. The number of nitrogens with zero attached hydrogens (tertiary/aromatic N) is 8. The highest BCUT2D eigenvalue weighted by atomic mass is 19.1. The Morgan fingerprint density at radius 1 is 0.939 bits per heavy atom. The standard InChI is InChI=1S/C36H43F2N9O2/c1-8-28(48)45-18-23(7)46(19-22(45)6)33-25-17-27(38)31(24-11-9-10-12-26(24)37)40-34(25)47(36(49)43-33)32-29(20(2)3)41-35(42-30(32)21(4)5)44-15-13-39-14-16-44/h8-12,17,20-23,39H,1,13-16,18-19H2,2-7H3/t22-,23+/m1/s1. The van der Waals surface area contributed by atoms with Gasteiger partial charge in [-0.2, -0.15) is 4.98 Å². The number of nitrogens with one attached hydrogen (secondary N) is 1. The number of anilines is 2. The van der Waals surface area contributed by atoms with Crippen LogP contribution in [0.2, 0.25) is 0 Å². The lowest BCUT2D eigenvalue weighted by atomic mass is 10.0. The lowest BCUT2D eigenvalue weighted by Crippen LogP contribution is -2.58. The SMILES string of the molecule is C=CC(=O)N1C[C@H](C)N(c2nc(=O)n(-c3c(C(C)C)nc(N4CCNCC4)nc3C(C)C)c3nc(-c4ccccc4F)c(F)cc23)C[C@H]1C. The van der Waals surface area contributed by atoms with Gasteiger partial charge < -0.3 is 20.0 Å². The first-order valence-electron chi connectivity index (χ1n) is 16.9. The first-order valence-corrected chi connectivity index (χ1v) is 16.9. The maximum absolute atomic E-state index is 16.2. The lowest BCUT2D eigenvalue weighted by Gasteiger charge is -2.44. The summed E-state index contributed by atoms with van der Waals surface area (Å²) in [6.45, 7) is 19.2. The fourth-order valence-corrected chi connectivity index (χ4v) is 6.73. The predicted octanol–water partition coefficient (Wildman–Crippen LogP) is 4.78. The van der Waals surface area contributed by atoms with Crippen molar-refractivity contribution in [3.05, 3.63) is 76.5 Å². The van der Waals surface area contributed by atoms with Crippen LogP contribution in [0.5, 0.6) is 0 Å². The average Bonchev–Trinajstić information content (AvgIpc) is 3.08. The van der Waals surface area contributed by atoms with Gasteiger partial charge in [0.05, 0.1) is 22.5 Å². The summed E-state index contributed by atoms with van der Waals surface area (Å²) < 4.78 is 32.7. The van der Waals surface area contributed by atoms with Crippen LogP contribution in [0.3, 0.4) is 0 Å². The molecule has 2 saturated heterocycles. The van der Waals surface area contributed by atoms with Crippen LogP contribution < -0.4 is 20.8 Å². The van der Waals surface area contributed by atoms with Gasteiger partial charge in [0, 0.05) is 56.9 Å². The summed E-state index contributed by atoms with van der Waals surface area (Å²) in [5.74, 6) is -1.05. The van der Waals surface area contributed by atoms with E-state index in [1.54, 1.807) is 11.0 Å². The highest BCUT2D eigenvalue weighted by Gasteiger charge is 2.35. The highest BCUT2D eigenvalue weighted by molar-refractivity contribution is 5.91. The van der Waals surface area contributed by atoms with Crippen molar-refractivity contribution in [1.29, 1.82) is 0 Å². The minimum Gasteiger partial charge on any atom is -0.349 e. The van der Waals surface area contributed by atoms with Crippen LogP contribution in [-0.2, 0) is 4.79 Å². The fourth-order valence-electron chi connectivity index (χ4n) is 6.73. The van der Waals surface area contributed by atoms with Gasteiger partial charge >= 0.3 is 5.69 Å². The minimum atomic E-state index is -0.759. The van der Waals surface area contributed by atoms with E-state index < -0.39 is 17.3 Å². The van der Waals surface area contributed by atoms with Crippen molar-refractivity contribution in [2.24, 2.45) is 0 Å². The van der Waals surface area contributed by atoms with E-state index in [0.29, 0.717) is 36.1 Å². The molecule has 1 aromatic carbocycles. The number of benzene rings is 1. The topological polar surface area (TPSA) is 112 Å². The average molecular weight is 672 g/mol. The zero-order chi connectivity index (χ0) is 35.1. The number of hydrogen-bond acceptors (Lipinski definition) is 9. The van der Waals surface area contributed by atoms with Gasteiger partial charge in [-0.15, -0.1) is 0 Å². The van der Waals surface area contributed by atoms with Gasteiger partial charge in [-0.1, -0.05) is 46.4 Å². The molecule has 0 spiro atoms. The van der Waals surface area contributed by atoms with Gasteiger partial charge in [-0.3, -0.25) is 4.79 Å². The molecule has 2 atom stereocenters. The largest absolute Gasteiger partial charge is 0.355 e. The maximum Gasteiger partial charge on any atom is 0.355 e. The van der Waals surface area contributed by atoms with Crippen molar-refractivity contribution in [2.75, 3.05) is 49.1 Å². The Morgan fingerprint density at radius 2 is 1.59 bits per heavy atom. The molecule has 5 heterocycles. The molecule has 2 fully saturated rings. The van der Waals surface area contributed by atoms with Crippen molar-refractivity contribution in [3.63, 3.8) is 0 Å². The molecule has 1 amide bonds. The summed E-state index contributed by atoms with van der Waals surface area (Å²) in [6.07, 6.45) is 1.28. The number of carbonyl (C=O) groups is 1. The van der Waals surface area contributed by atoms with Crippen LogP contribution in [0.1, 0.15) is 64.8 Å². The number of rotatable bonds is 7. The summed E-state index contributed by atoms with van der Waals surface area (Å²) in [5, 5.41) is 3.63. The van der Waals surface area contributed by atoms with Gasteiger partial charge in [0.1, 0.15) is 23.1 Å². The Hall–Kier alpha value is -4.78. The number of piperazine rings is 2. The van der Waals surface area contributed by atoms with Gasteiger partial charge in [0.2, 0.25) is 11.9 Å². The van der Waals surface area contributed by atoms with Crippen LogP contribution >= 0.6 is 0 Å². The van der Waals surface area contributed by atoms with E-state index in [1.165, 1.54) is 34.9 Å². The van der Waals surface area contributed by atoms with E-state index in [4.69, 9.17) is 15.0 Å². The number of halogens is 2. The number of carbonyl (C=O) groups excluding carboxylic acids is 1. The van der Waals surface area contributed by atoms with Gasteiger partial charge in [-0.05, 0) is 50.0 Å². The summed E-state index contributed by atoms with van der Waals surface area (Å²) in [7, 11) is 0. The molecule has 0 unspecified atom stereocenters. The Kier molecular flexibility index (Phi) is 9.47. The Morgan fingerprint density at radius 3 is 2.20 bits per heavy atom. The van der Waals surface area contributed by atoms with E-state index in [0.717, 1.165) is 26.2 Å². The number of hydrogen-bond donors (Lipinski definition) is 1. The highest BCUT2D eigenvalue weighted by Crippen LogP contribution is 2.36. The molecule has 1 N–H and O–H groups in total. The summed E-state index contributed by atoms with van der Waals surface area (Å²) in [5.41, 5.74) is 0.906. The lowest BCUT2D eigenvalue weighted by molar-refractivity contribution is -0.128. The van der Waals surface area contributed by atoms with Crippen LogP contribution in [-0.4, -0.2) is 86.7 Å². The van der Waals surface area contributed by atoms with E-state index in [9.17, 15) is 9.59 Å². The molecule has 4 aromatic rings. The summed E-state index contributed by atoms with van der Waals surface area (Å²) >= 11 is 0. The molecule has 49 heavy (non-hydrogen) atoms. The first kappa shape index (κ1) is 34.1. The molecular weight excluding hydrogens is 628 g/mol. The molecule has 0 radical (unpaired) electrons. The third-order valence-corrected chi connectivity index (χ3v) is 9.29. The van der Waals surface area contributed by atoms with Gasteiger partial charge in [0.15, 0.2) is 5.65 Å². The Bertz CT molecular complexity index is 1940. The molecular formula is C36H43F2N9O2. The van der Waals surface area contributed by atoms with Gasteiger partial charge in [0.25, 0.3) is 0 Å².